The number of aryl methyl sites for hydroxylation is 1. The molecule has 0 unspecified atom stereocenters. The molecule has 1 N–H and O–H groups in total. The molecule has 3 heterocycles. The van der Waals surface area contributed by atoms with E-state index >= 15 is 0 Å². The molecule has 6 nitrogen and oxygen atoms in total. The molecule has 96 valence electrons. The van der Waals surface area contributed by atoms with Crippen LogP contribution in [0.5, 0.6) is 0 Å². The third-order valence-corrected chi connectivity index (χ3v) is 3.53. The first-order chi connectivity index (χ1) is 8.72. The highest BCUT2D eigenvalue weighted by atomic mass is 16.2. The Morgan fingerprint density at radius 1 is 1.44 bits per heavy atom. The molecule has 0 radical (unpaired) electrons. The molecule has 18 heavy (non-hydrogen) atoms. The van der Waals surface area contributed by atoms with E-state index in [4.69, 9.17) is 0 Å². The molecule has 1 aromatic heterocycles. The highest BCUT2D eigenvalue weighted by Crippen LogP contribution is 2.21. The van der Waals surface area contributed by atoms with Crippen LogP contribution in [-0.4, -0.2) is 59.5 Å². The van der Waals surface area contributed by atoms with Crippen LogP contribution in [0.1, 0.15) is 5.82 Å². The van der Waals surface area contributed by atoms with Crippen molar-refractivity contribution in [3.05, 3.63) is 18.1 Å². The summed E-state index contributed by atoms with van der Waals surface area (Å²) in [5.41, 5.74) is 0. The molecule has 2 aliphatic heterocycles. The molecule has 0 atom stereocenters. The van der Waals surface area contributed by atoms with Gasteiger partial charge in [-0.2, -0.15) is 0 Å². The molecular weight excluding hydrogens is 230 g/mol. The third-order valence-electron chi connectivity index (χ3n) is 3.53. The number of amides is 1. The Balaban J connectivity index is 1.58. The molecule has 0 bridgehead atoms. The minimum Gasteiger partial charge on any atom is -0.354 e. The van der Waals surface area contributed by atoms with Crippen LogP contribution >= 0.6 is 0 Å². The van der Waals surface area contributed by atoms with Crippen molar-refractivity contribution < 1.29 is 4.79 Å². The van der Waals surface area contributed by atoms with Crippen LogP contribution in [0, 0.1) is 6.92 Å². The zero-order chi connectivity index (χ0) is 12.5. The highest BCUT2D eigenvalue weighted by Gasteiger charge is 2.34. The van der Waals surface area contributed by atoms with Gasteiger partial charge in [0.1, 0.15) is 11.6 Å². The van der Waals surface area contributed by atoms with Gasteiger partial charge in [-0.1, -0.05) is 0 Å². The number of carbonyl (C=O) groups excluding carboxylic acids is 1. The van der Waals surface area contributed by atoms with Gasteiger partial charge in [0.05, 0.1) is 6.54 Å². The van der Waals surface area contributed by atoms with Crippen molar-refractivity contribution in [2.75, 3.05) is 37.6 Å². The van der Waals surface area contributed by atoms with E-state index in [2.05, 4.69) is 25.1 Å². The first-order valence-corrected chi connectivity index (χ1v) is 6.28. The number of carbonyl (C=O) groups is 1. The zero-order valence-corrected chi connectivity index (χ0v) is 10.5. The van der Waals surface area contributed by atoms with Gasteiger partial charge in [0.2, 0.25) is 5.91 Å². The Kier molecular flexibility index (Phi) is 2.87. The smallest absolute Gasteiger partial charge is 0.234 e. The fourth-order valence-corrected chi connectivity index (χ4v) is 2.46. The predicted molar refractivity (Wildman–Crippen MR) is 67.4 cm³/mol. The second-order valence-corrected chi connectivity index (χ2v) is 4.84. The summed E-state index contributed by atoms with van der Waals surface area (Å²) in [6.07, 6.45) is 1.79. The van der Waals surface area contributed by atoms with Gasteiger partial charge >= 0.3 is 0 Å². The number of hydrogen-bond acceptors (Lipinski definition) is 5. The number of aromatic nitrogens is 2. The van der Waals surface area contributed by atoms with E-state index in [0.29, 0.717) is 12.6 Å². The SMILES string of the molecule is Cc1nccc(N2CC(N3CCNC(=O)C3)C2)n1. The van der Waals surface area contributed by atoms with E-state index in [1.807, 2.05) is 13.0 Å². The van der Waals surface area contributed by atoms with Gasteiger partial charge < -0.3 is 10.2 Å². The van der Waals surface area contributed by atoms with Gasteiger partial charge in [0, 0.05) is 38.4 Å². The summed E-state index contributed by atoms with van der Waals surface area (Å²) in [5.74, 6) is 1.92. The minimum absolute atomic E-state index is 0.137. The van der Waals surface area contributed by atoms with E-state index in [-0.39, 0.29) is 5.91 Å². The quantitative estimate of drug-likeness (QED) is 0.756. The van der Waals surface area contributed by atoms with Crippen molar-refractivity contribution in [1.29, 1.82) is 0 Å². The van der Waals surface area contributed by atoms with Gasteiger partial charge in [-0.05, 0) is 13.0 Å². The van der Waals surface area contributed by atoms with Gasteiger partial charge in [-0.15, -0.1) is 0 Å². The number of nitrogens with zero attached hydrogens (tertiary/aromatic N) is 4. The second-order valence-electron chi connectivity index (χ2n) is 4.84. The molecule has 1 amide bonds. The monoisotopic (exact) mass is 247 g/mol. The Labute approximate surface area is 106 Å². The zero-order valence-electron chi connectivity index (χ0n) is 10.5. The Morgan fingerprint density at radius 2 is 2.28 bits per heavy atom. The van der Waals surface area contributed by atoms with Crippen LogP contribution in [0.3, 0.4) is 0 Å². The number of anilines is 1. The third kappa shape index (κ3) is 2.15. The summed E-state index contributed by atoms with van der Waals surface area (Å²) in [6, 6.07) is 2.41. The van der Waals surface area contributed by atoms with Gasteiger partial charge in [0.15, 0.2) is 0 Å². The van der Waals surface area contributed by atoms with Crippen molar-refractivity contribution in [2.45, 2.75) is 13.0 Å². The van der Waals surface area contributed by atoms with Crippen molar-refractivity contribution in [3.8, 4) is 0 Å². The fraction of sp³-hybridized carbons (Fsp3) is 0.583. The number of rotatable bonds is 2. The average Bonchev–Trinajstić information content (AvgIpc) is 2.27. The van der Waals surface area contributed by atoms with Crippen LogP contribution in [0.2, 0.25) is 0 Å². The number of nitrogens with one attached hydrogen (secondary N) is 1. The second kappa shape index (κ2) is 4.53. The molecule has 0 aliphatic carbocycles. The van der Waals surface area contributed by atoms with Crippen LogP contribution in [0.25, 0.3) is 0 Å². The van der Waals surface area contributed by atoms with Crippen molar-refractivity contribution >= 4 is 11.7 Å². The normalized spacial score (nSPS) is 21.6. The van der Waals surface area contributed by atoms with Gasteiger partial charge in [-0.25, -0.2) is 9.97 Å². The van der Waals surface area contributed by atoms with Crippen LogP contribution < -0.4 is 10.2 Å². The van der Waals surface area contributed by atoms with E-state index in [9.17, 15) is 4.79 Å². The lowest BCUT2D eigenvalue weighted by molar-refractivity contribution is -0.125. The summed E-state index contributed by atoms with van der Waals surface area (Å²) < 4.78 is 0. The molecule has 0 saturated carbocycles. The highest BCUT2D eigenvalue weighted by molar-refractivity contribution is 5.78. The first-order valence-electron chi connectivity index (χ1n) is 6.28. The maximum atomic E-state index is 11.3. The molecule has 3 rings (SSSR count). The molecule has 1 aromatic rings. The minimum atomic E-state index is 0.137. The van der Waals surface area contributed by atoms with Crippen LogP contribution in [0.15, 0.2) is 12.3 Å². The van der Waals surface area contributed by atoms with E-state index in [1.165, 1.54) is 0 Å². The molecule has 0 spiro atoms. The van der Waals surface area contributed by atoms with E-state index in [0.717, 1.165) is 37.8 Å². The Bertz CT molecular complexity index is 458. The maximum Gasteiger partial charge on any atom is 0.234 e. The van der Waals surface area contributed by atoms with Crippen molar-refractivity contribution in [2.24, 2.45) is 0 Å². The Morgan fingerprint density at radius 3 is 3.00 bits per heavy atom. The average molecular weight is 247 g/mol. The molecule has 2 saturated heterocycles. The van der Waals surface area contributed by atoms with Gasteiger partial charge in [0.25, 0.3) is 0 Å². The number of piperazine rings is 1. The molecule has 6 heteroatoms. The molecule has 2 aliphatic rings. The Hall–Kier alpha value is -1.69. The standard InChI is InChI=1S/C12H17N5O/c1-9-13-3-2-11(15-9)17-6-10(7-17)16-5-4-14-12(18)8-16/h2-3,10H,4-8H2,1H3,(H,14,18). The topological polar surface area (TPSA) is 61.4 Å². The first kappa shape index (κ1) is 11.4. The number of hydrogen-bond donors (Lipinski definition) is 1. The lowest BCUT2D eigenvalue weighted by Gasteiger charge is -2.46. The summed E-state index contributed by atoms with van der Waals surface area (Å²) in [7, 11) is 0. The van der Waals surface area contributed by atoms with E-state index in [1.54, 1.807) is 6.20 Å². The van der Waals surface area contributed by atoms with Crippen LogP contribution in [0.4, 0.5) is 5.82 Å². The molecule has 0 aromatic carbocycles. The van der Waals surface area contributed by atoms with Crippen LogP contribution in [-0.2, 0) is 4.79 Å². The predicted octanol–water partition coefficient (Wildman–Crippen LogP) is -0.595. The summed E-state index contributed by atoms with van der Waals surface area (Å²) in [6.45, 7) is 6.04. The summed E-state index contributed by atoms with van der Waals surface area (Å²) in [4.78, 5) is 24.3. The van der Waals surface area contributed by atoms with Gasteiger partial charge in [-0.3, -0.25) is 9.69 Å². The maximum absolute atomic E-state index is 11.3. The molecule has 2 fully saturated rings. The lowest BCUT2D eigenvalue weighted by atomic mass is 10.1. The summed E-state index contributed by atoms with van der Waals surface area (Å²) >= 11 is 0. The van der Waals surface area contributed by atoms with Crippen molar-refractivity contribution in [1.82, 2.24) is 20.2 Å². The lowest BCUT2D eigenvalue weighted by Crippen LogP contribution is -2.64. The largest absolute Gasteiger partial charge is 0.354 e. The summed E-state index contributed by atoms with van der Waals surface area (Å²) in [5, 5.41) is 2.85. The van der Waals surface area contributed by atoms with E-state index < -0.39 is 0 Å². The van der Waals surface area contributed by atoms with Crippen molar-refractivity contribution in [3.63, 3.8) is 0 Å². The fourth-order valence-electron chi connectivity index (χ4n) is 2.46. The molecular formula is C12H17N5O.